The Hall–Kier alpha value is -2.49. The van der Waals surface area contributed by atoms with Crippen LogP contribution in [0.4, 0.5) is 5.82 Å². The topological polar surface area (TPSA) is 50.7 Å². The predicted molar refractivity (Wildman–Crippen MR) is 85.7 cm³/mol. The number of nitrogens with one attached hydrogen (secondary N) is 1. The number of rotatable bonds is 3. The van der Waals surface area contributed by atoms with Crippen LogP contribution in [-0.2, 0) is 6.42 Å². The second-order valence-electron chi connectivity index (χ2n) is 6.23. The van der Waals surface area contributed by atoms with Gasteiger partial charge in [0.2, 0.25) is 0 Å². The fraction of sp³-hybridized carbons (Fsp3) is 0.278. The Morgan fingerprint density at radius 1 is 1.05 bits per heavy atom. The van der Waals surface area contributed by atoms with Gasteiger partial charge in [-0.15, -0.1) is 0 Å². The highest BCUT2D eigenvalue weighted by Crippen LogP contribution is 2.61. The van der Waals surface area contributed by atoms with E-state index in [1.54, 1.807) is 23.5 Å². The summed E-state index contributed by atoms with van der Waals surface area (Å²) in [6.07, 6.45) is 4.62. The SMILES string of the molecule is c1ccc2c(c1)CC1C(CNc3ccc4nccnc4n3)C21. The second-order valence-corrected chi connectivity index (χ2v) is 6.23. The summed E-state index contributed by atoms with van der Waals surface area (Å²) >= 11 is 0. The molecule has 1 saturated carbocycles. The maximum absolute atomic E-state index is 4.53. The number of fused-ring (bicyclic) bond motifs is 4. The highest BCUT2D eigenvalue weighted by Gasteiger charge is 2.54. The summed E-state index contributed by atoms with van der Waals surface area (Å²) in [4.78, 5) is 13.0. The van der Waals surface area contributed by atoms with Crippen LogP contribution in [0.15, 0.2) is 48.8 Å². The summed E-state index contributed by atoms with van der Waals surface area (Å²) in [7, 11) is 0. The van der Waals surface area contributed by atoms with Crippen molar-refractivity contribution >= 4 is 17.0 Å². The molecule has 3 aromatic rings. The molecular weight excluding hydrogens is 272 g/mol. The van der Waals surface area contributed by atoms with Crippen molar-refractivity contribution in [3.8, 4) is 0 Å². The van der Waals surface area contributed by atoms with Gasteiger partial charge >= 0.3 is 0 Å². The zero-order valence-electron chi connectivity index (χ0n) is 12.1. The Morgan fingerprint density at radius 2 is 1.95 bits per heavy atom. The summed E-state index contributed by atoms with van der Waals surface area (Å²) < 4.78 is 0. The number of benzene rings is 1. The van der Waals surface area contributed by atoms with E-state index >= 15 is 0 Å². The minimum atomic E-state index is 0.703. The third-order valence-electron chi connectivity index (χ3n) is 5.05. The molecule has 0 radical (unpaired) electrons. The van der Waals surface area contributed by atoms with Crippen LogP contribution in [0.1, 0.15) is 17.0 Å². The van der Waals surface area contributed by atoms with Gasteiger partial charge in [-0.25, -0.2) is 9.97 Å². The number of anilines is 1. The van der Waals surface area contributed by atoms with E-state index in [-0.39, 0.29) is 0 Å². The maximum Gasteiger partial charge on any atom is 0.180 e. The van der Waals surface area contributed by atoms with Gasteiger partial charge in [-0.3, -0.25) is 4.98 Å². The molecule has 2 heterocycles. The molecule has 2 aliphatic rings. The lowest BCUT2D eigenvalue weighted by atomic mass is 10.0. The van der Waals surface area contributed by atoms with Gasteiger partial charge in [0.05, 0.1) is 0 Å². The van der Waals surface area contributed by atoms with Crippen molar-refractivity contribution in [1.82, 2.24) is 15.0 Å². The summed E-state index contributed by atoms with van der Waals surface area (Å²) in [5.41, 5.74) is 4.66. The molecule has 2 aliphatic carbocycles. The molecule has 108 valence electrons. The zero-order chi connectivity index (χ0) is 14.5. The van der Waals surface area contributed by atoms with Gasteiger partial charge < -0.3 is 5.32 Å². The van der Waals surface area contributed by atoms with Crippen LogP contribution in [-0.4, -0.2) is 21.5 Å². The van der Waals surface area contributed by atoms with Gasteiger partial charge in [-0.1, -0.05) is 24.3 Å². The summed E-state index contributed by atoms with van der Waals surface area (Å²) in [6, 6.07) is 12.8. The van der Waals surface area contributed by atoms with E-state index < -0.39 is 0 Å². The standard InChI is InChI=1S/C18H16N4/c1-2-4-12-11(3-1)9-13-14(17(12)13)10-21-16-6-5-15-18(22-16)20-8-7-19-15/h1-8,13-14,17H,9-10H2,(H,20,21,22). The fourth-order valence-corrected chi connectivity index (χ4v) is 3.94. The van der Waals surface area contributed by atoms with Crippen LogP contribution in [0.2, 0.25) is 0 Å². The monoisotopic (exact) mass is 288 g/mol. The minimum Gasteiger partial charge on any atom is -0.370 e. The van der Waals surface area contributed by atoms with E-state index in [0.717, 1.165) is 35.6 Å². The Labute approximate surface area is 128 Å². The fourth-order valence-electron chi connectivity index (χ4n) is 3.94. The molecule has 1 N–H and O–H groups in total. The number of hydrogen-bond acceptors (Lipinski definition) is 4. The Morgan fingerprint density at radius 3 is 2.95 bits per heavy atom. The van der Waals surface area contributed by atoms with Crippen LogP contribution in [0.5, 0.6) is 0 Å². The molecule has 3 unspecified atom stereocenters. The molecule has 5 rings (SSSR count). The number of aromatic nitrogens is 3. The van der Waals surface area contributed by atoms with Crippen molar-refractivity contribution in [3.63, 3.8) is 0 Å². The molecule has 22 heavy (non-hydrogen) atoms. The Bertz CT molecular complexity index is 860. The van der Waals surface area contributed by atoms with Crippen LogP contribution >= 0.6 is 0 Å². The molecular formula is C18H16N4. The summed E-state index contributed by atoms with van der Waals surface area (Å²) in [6.45, 7) is 0.989. The summed E-state index contributed by atoms with van der Waals surface area (Å²) in [5, 5.41) is 3.48. The van der Waals surface area contributed by atoms with Crippen LogP contribution in [0, 0.1) is 11.8 Å². The first-order valence-electron chi connectivity index (χ1n) is 7.79. The second kappa shape index (κ2) is 4.50. The lowest BCUT2D eigenvalue weighted by Gasteiger charge is -2.09. The van der Waals surface area contributed by atoms with Crippen molar-refractivity contribution in [3.05, 3.63) is 59.9 Å². The van der Waals surface area contributed by atoms with Crippen molar-refractivity contribution in [1.29, 1.82) is 0 Å². The van der Waals surface area contributed by atoms with Gasteiger partial charge in [0.1, 0.15) is 11.3 Å². The van der Waals surface area contributed by atoms with Crippen LogP contribution in [0.25, 0.3) is 11.2 Å². The largest absolute Gasteiger partial charge is 0.370 e. The minimum absolute atomic E-state index is 0.703. The molecule has 0 bridgehead atoms. The third-order valence-corrected chi connectivity index (χ3v) is 5.05. The smallest absolute Gasteiger partial charge is 0.180 e. The lowest BCUT2D eigenvalue weighted by molar-refractivity contribution is 0.718. The predicted octanol–water partition coefficient (Wildman–Crippen LogP) is 3.02. The molecule has 0 spiro atoms. The molecule has 0 aliphatic heterocycles. The van der Waals surface area contributed by atoms with Gasteiger partial charge in [-0.05, 0) is 47.4 Å². The first-order chi connectivity index (χ1) is 10.9. The van der Waals surface area contributed by atoms with Gasteiger partial charge in [0.15, 0.2) is 5.65 Å². The van der Waals surface area contributed by atoms with E-state index in [9.17, 15) is 0 Å². The van der Waals surface area contributed by atoms with Crippen molar-refractivity contribution in [2.45, 2.75) is 12.3 Å². The number of pyridine rings is 1. The van der Waals surface area contributed by atoms with Crippen LogP contribution < -0.4 is 5.32 Å². The van der Waals surface area contributed by atoms with Crippen molar-refractivity contribution in [2.24, 2.45) is 11.8 Å². The average Bonchev–Trinajstić information content (AvgIpc) is 3.11. The van der Waals surface area contributed by atoms with Gasteiger partial charge in [0, 0.05) is 18.9 Å². The molecule has 1 aromatic carbocycles. The number of hydrogen-bond donors (Lipinski definition) is 1. The zero-order valence-corrected chi connectivity index (χ0v) is 12.1. The van der Waals surface area contributed by atoms with E-state index in [1.807, 2.05) is 12.1 Å². The molecule has 0 saturated heterocycles. The molecule has 2 aromatic heterocycles. The first kappa shape index (κ1) is 12.1. The number of nitrogens with zero attached hydrogens (tertiary/aromatic N) is 3. The first-order valence-corrected chi connectivity index (χ1v) is 7.79. The Balaban J connectivity index is 1.31. The van der Waals surface area contributed by atoms with Gasteiger partial charge in [0.25, 0.3) is 0 Å². The van der Waals surface area contributed by atoms with Crippen LogP contribution in [0.3, 0.4) is 0 Å². The van der Waals surface area contributed by atoms with E-state index in [1.165, 1.54) is 6.42 Å². The quantitative estimate of drug-likeness (QED) is 0.805. The maximum atomic E-state index is 4.53. The molecule has 4 heteroatoms. The van der Waals surface area contributed by atoms with Crippen molar-refractivity contribution < 1.29 is 0 Å². The molecule has 3 atom stereocenters. The molecule has 4 nitrogen and oxygen atoms in total. The lowest BCUT2D eigenvalue weighted by Crippen LogP contribution is -2.09. The highest BCUT2D eigenvalue weighted by atomic mass is 15.0. The third kappa shape index (κ3) is 1.80. The van der Waals surface area contributed by atoms with E-state index in [0.29, 0.717) is 5.65 Å². The van der Waals surface area contributed by atoms with E-state index in [2.05, 4.69) is 44.5 Å². The molecule has 1 fully saturated rings. The molecule has 0 amide bonds. The normalized spacial score (nSPS) is 24.8. The van der Waals surface area contributed by atoms with E-state index in [4.69, 9.17) is 0 Å². The van der Waals surface area contributed by atoms with Gasteiger partial charge in [-0.2, -0.15) is 0 Å². The Kier molecular flexibility index (Phi) is 2.47. The van der Waals surface area contributed by atoms with Crippen molar-refractivity contribution in [2.75, 3.05) is 11.9 Å². The average molecular weight is 288 g/mol. The highest BCUT2D eigenvalue weighted by molar-refractivity contribution is 5.71. The summed E-state index contributed by atoms with van der Waals surface area (Å²) in [5.74, 6) is 3.22.